The number of hydrogen-bond acceptors (Lipinski definition) is 7. The van der Waals surface area contributed by atoms with Crippen molar-refractivity contribution < 1.29 is 9.72 Å². The normalized spacial score (nSPS) is 10.5. The average Bonchev–Trinajstić information content (AvgIpc) is 3.17. The van der Waals surface area contributed by atoms with Crippen molar-refractivity contribution in [2.24, 2.45) is 0 Å². The lowest BCUT2D eigenvalue weighted by Gasteiger charge is -1.95. The number of rotatable bonds is 2. The Morgan fingerprint density at radius 3 is 2.62 bits per heavy atom. The molecular formula is C11H7N7O3. The van der Waals surface area contributed by atoms with Gasteiger partial charge in [-0.05, 0) is 26.7 Å². The molecule has 2 aromatic heterocycles. The molecule has 1 aromatic carbocycles. The minimum Gasteiger partial charge on any atom is -0.390 e. The van der Waals surface area contributed by atoms with Crippen LogP contribution in [-0.4, -0.2) is 40.5 Å². The molecule has 0 N–H and O–H groups in total. The third-order valence-electron chi connectivity index (χ3n) is 2.58. The molecule has 10 heteroatoms. The molecule has 0 radical (unpaired) electrons. The molecule has 3 rings (SSSR count). The number of nitrogens with zero attached hydrogens (tertiary/aromatic N) is 7. The molecule has 2 heterocycles. The van der Waals surface area contributed by atoms with Gasteiger partial charge in [0.25, 0.3) is 5.82 Å². The third-order valence-corrected chi connectivity index (χ3v) is 2.58. The van der Waals surface area contributed by atoms with Crippen molar-refractivity contribution in [3.63, 3.8) is 0 Å². The van der Waals surface area contributed by atoms with Crippen molar-refractivity contribution in [2.45, 2.75) is 0 Å². The van der Waals surface area contributed by atoms with Gasteiger partial charge in [0, 0.05) is 5.56 Å². The number of carbonyl (C=O) groups excluding carboxylic acids is 1. The van der Waals surface area contributed by atoms with Crippen LogP contribution in [0.2, 0.25) is 0 Å². The lowest BCUT2D eigenvalue weighted by atomic mass is 10.2. The van der Waals surface area contributed by atoms with E-state index in [4.69, 9.17) is 0 Å². The summed E-state index contributed by atoms with van der Waals surface area (Å²) >= 11 is 0. The topological polar surface area (TPSA) is 122 Å². The highest BCUT2D eigenvalue weighted by Gasteiger charge is 2.29. The van der Waals surface area contributed by atoms with Crippen LogP contribution in [-0.2, 0) is 0 Å². The van der Waals surface area contributed by atoms with E-state index in [0.29, 0.717) is 10.2 Å². The number of benzene rings is 1. The Hall–Kier alpha value is -3.43. The van der Waals surface area contributed by atoms with E-state index in [1.807, 2.05) is 0 Å². The fraction of sp³-hybridized carbons (Fsp3) is 0. The molecule has 0 bridgehead atoms. The molecule has 0 fully saturated rings. The van der Waals surface area contributed by atoms with Crippen LogP contribution in [0, 0.1) is 10.1 Å². The van der Waals surface area contributed by atoms with Crippen LogP contribution in [0.1, 0.15) is 0 Å². The van der Waals surface area contributed by atoms with E-state index in [0.717, 1.165) is 17.3 Å². The van der Waals surface area contributed by atoms with Crippen molar-refractivity contribution >= 4 is 12.0 Å². The van der Waals surface area contributed by atoms with Gasteiger partial charge in [0.15, 0.2) is 0 Å². The quantitative estimate of drug-likeness (QED) is 0.507. The zero-order chi connectivity index (χ0) is 14.8. The second kappa shape index (κ2) is 4.92. The summed E-state index contributed by atoms with van der Waals surface area (Å²) in [6.07, 6.45) is 2.26. The molecule has 0 amide bonds. The number of hydrogen-bond donors (Lipinski definition) is 0. The van der Waals surface area contributed by atoms with Gasteiger partial charge in [0.05, 0.1) is 0 Å². The summed E-state index contributed by atoms with van der Waals surface area (Å²) in [7, 11) is 0. The van der Waals surface area contributed by atoms with Crippen LogP contribution in [0.15, 0.2) is 43.0 Å². The summed E-state index contributed by atoms with van der Waals surface area (Å²) in [5.41, 5.74) is 0.561. The molecule has 0 unspecified atom stereocenters. The first-order valence-corrected chi connectivity index (χ1v) is 5.73. The Kier molecular flexibility index (Phi) is 2.95. The van der Waals surface area contributed by atoms with Gasteiger partial charge in [-0.3, -0.25) is 0 Å². The second-order valence-electron chi connectivity index (χ2n) is 3.89. The van der Waals surface area contributed by atoms with Crippen molar-refractivity contribution in [2.75, 3.05) is 0 Å². The number of aromatic nitrogens is 6. The Morgan fingerprint density at radius 2 is 2.00 bits per heavy atom. The highest BCUT2D eigenvalue weighted by Crippen LogP contribution is 2.18. The minimum absolute atomic E-state index is 0.0794. The summed E-state index contributed by atoms with van der Waals surface area (Å²) in [5.74, 6) is -0.606. The fourth-order valence-corrected chi connectivity index (χ4v) is 1.66. The average molecular weight is 285 g/mol. The monoisotopic (exact) mass is 285 g/mol. The van der Waals surface area contributed by atoms with E-state index in [1.54, 1.807) is 30.3 Å². The van der Waals surface area contributed by atoms with Crippen molar-refractivity contribution in [1.29, 1.82) is 0 Å². The largest absolute Gasteiger partial charge is 0.465 e. The van der Waals surface area contributed by atoms with E-state index < -0.39 is 16.9 Å². The van der Waals surface area contributed by atoms with E-state index in [1.165, 1.54) is 0 Å². The van der Waals surface area contributed by atoms with Crippen LogP contribution in [0.25, 0.3) is 11.4 Å². The highest BCUT2D eigenvalue weighted by molar-refractivity contribution is 5.79. The standard InChI is InChI=1S/C11H7N7O3/c19-11(16-7-12-6-13-16)17-10(18(20)21)14-9(15-17)8-4-2-1-3-5-8/h1-7H. The number of nitro groups is 1. The van der Waals surface area contributed by atoms with Gasteiger partial charge in [0.2, 0.25) is 0 Å². The summed E-state index contributed by atoms with van der Waals surface area (Å²) < 4.78 is 1.41. The SMILES string of the molecule is O=C(n1cncn1)n1nc(-c2ccccc2)nc1[N+](=O)[O-]. The van der Waals surface area contributed by atoms with Crippen LogP contribution >= 0.6 is 0 Å². The molecule has 21 heavy (non-hydrogen) atoms. The smallest absolute Gasteiger partial charge is 0.390 e. The van der Waals surface area contributed by atoms with Crippen LogP contribution < -0.4 is 0 Å². The molecule has 0 aliphatic rings. The van der Waals surface area contributed by atoms with Crippen LogP contribution in [0.4, 0.5) is 10.7 Å². The van der Waals surface area contributed by atoms with Gasteiger partial charge in [0.1, 0.15) is 12.7 Å². The summed E-state index contributed by atoms with van der Waals surface area (Å²) in [4.78, 5) is 29.7. The predicted octanol–water partition coefficient (Wildman–Crippen LogP) is 0.961. The first kappa shape index (κ1) is 12.6. The van der Waals surface area contributed by atoms with Crippen molar-refractivity contribution in [3.8, 4) is 11.4 Å². The lowest BCUT2D eigenvalue weighted by Crippen LogP contribution is -2.22. The molecule has 0 aliphatic carbocycles. The van der Waals surface area contributed by atoms with E-state index in [2.05, 4.69) is 20.2 Å². The molecular weight excluding hydrogens is 278 g/mol. The molecule has 0 saturated carbocycles. The van der Waals surface area contributed by atoms with Crippen LogP contribution in [0.5, 0.6) is 0 Å². The molecule has 3 aromatic rings. The lowest BCUT2D eigenvalue weighted by molar-refractivity contribution is -0.395. The Labute approximate surface area is 116 Å². The van der Waals surface area contributed by atoms with Gasteiger partial charge in [-0.1, -0.05) is 23.3 Å². The molecule has 104 valence electrons. The van der Waals surface area contributed by atoms with Gasteiger partial charge in [-0.2, -0.15) is 4.68 Å². The van der Waals surface area contributed by atoms with Crippen LogP contribution in [0.3, 0.4) is 0 Å². The molecule has 0 spiro atoms. The maximum Gasteiger partial charge on any atom is 0.465 e. The first-order chi connectivity index (χ1) is 10.2. The van der Waals surface area contributed by atoms with Crippen molar-refractivity contribution in [1.82, 2.24) is 29.5 Å². The van der Waals surface area contributed by atoms with Crippen molar-refractivity contribution in [3.05, 3.63) is 53.1 Å². The minimum atomic E-state index is -0.839. The Balaban J connectivity index is 2.10. The van der Waals surface area contributed by atoms with Gasteiger partial charge < -0.3 is 10.1 Å². The zero-order valence-corrected chi connectivity index (χ0v) is 10.4. The van der Waals surface area contributed by atoms with E-state index in [-0.39, 0.29) is 5.82 Å². The summed E-state index contributed by atoms with van der Waals surface area (Å²) in [6, 6.07) is 7.79. The van der Waals surface area contributed by atoms with Gasteiger partial charge in [-0.25, -0.2) is 9.78 Å². The molecule has 0 saturated heterocycles. The third kappa shape index (κ3) is 2.25. The van der Waals surface area contributed by atoms with E-state index in [9.17, 15) is 14.9 Å². The predicted molar refractivity (Wildman–Crippen MR) is 68.3 cm³/mol. The first-order valence-electron chi connectivity index (χ1n) is 5.73. The fourth-order valence-electron chi connectivity index (χ4n) is 1.66. The molecule has 0 atom stereocenters. The maximum atomic E-state index is 12.1. The zero-order valence-electron chi connectivity index (χ0n) is 10.4. The summed E-state index contributed by atoms with van der Waals surface area (Å²) in [5, 5.41) is 18.5. The van der Waals surface area contributed by atoms with Gasteiger partial charge >= 0.3 is 12.0 Å². The highest BCUT2D eigenvalue weighted by atomic mass is 16.6. The molecule has 10 nitrogen and oxygen atoms in total. The Morgan fingerprint density at radius 1 is 1.24 bits per heavy atom. The molecule has 0 aliphatic heterocycles. The summed E-state index contributed by atoms with van der Waals surface area (Å²) in [6.45, 7) is 0. The van der Waals surface area contributed by atoms with Gasteiger partial charge in [-0.15, -0.1) is 5.10 Å². The second-order valence-corrected chi connectivity index (χ2v) is 3.89. The number of carbonyl (C=O) groups is 1. The van der Waals surface area contributed by atoms with E-state index >= 15 is 0 Å². The Bertz CT molecular complexity index is 795. The maximum absolute atomic E-state index is 12.1.